The van der Waals surface area contributed by atoms with E-state index in [2.05, 4.69) is 0 Å². The molecule has 0 saturated carbocycles. The van der Waals surface area contributed by atoms with E-state index in [0.29, 0.717) is 0 Å². The van der Waals surface area contributed by atoms with Crippen molar-refractivity contribution in [2.45, 2.75) is 19.1 Å². The first-order valence-electron chi connectivity index (χ1n) is 4.11. The lowest BCUT2D eigenvalue weighted by molar-refractivity contribution is 0.152. The SMILES string of the molecule is CC(N)C(O)c1cc(F)c(N)c(F)c1. The van der Waals surface area contributed by atoms with Gasteiger partial charge in [0.05, 0.1) is 6.10 Å². The number of hydrogen-bond acceptors (Lipinski definition) is 3. The molecule has 5 N–H and O–H groups in total. The maximum absolute atomic E-state index is 12.9. The first-order valence-corrected chi connectivity index (χ1v) is 4.11. The second kappa shape index (κ2) is 3.89. The molecule has 14 heavy (non-hydrogen) atoms. The van der Waals surface area contributed by atoms with Crippen LogP contribution in [0.15, 0.2) is 12.1 Å². The molecule has 0 fully saturated rings. The zero-order chi connectivity index (χ0) is 10.9. The average molecular weight is 202 g/mol. The predicted molar refractivity (Wildman–Crippen MR) is 49.4 cm³/mol. The third-order valence-corrected chi connectivity index (χ3v) is 1.94. The molecule has 1 rings (SSSR count). The van der Waals surface area contributed by atoms with Crippen LogP contribution in [-0.4, -0.2) is 11.1 Å². The summed E-state index contributed by atoms with van der Waals surface area (Å²) in [6.45, 7) is 1.54. The summed E-state index contributed by atoms with van der Waals surface area (Å²) in [5.41, 5.74) is 9.98. The van der Waals surface area contributed by atoms with Crippen LogP contribution in [0.25, 0.3) is 0 Å². The molecule has 0 amide bonds. The highest BCUT2D eigenvalue weighted by Crippen LogP contribution is 2.22. The van der Waals surface area contributed by atoms with Gasteiger partial charge >= 0.3 is 0 Å². The van der Waals surface area contributed by atoms with Gasteiger partial charge in [0.2, 0.25) is 0 Å². The number of benzene rings is 1. The van der Waals surface area contributed by atoms with Gasteiger partial charge in [-0.1, -0.05) is 0 Å². The summed E-state index contributed by atoms with van der Waals surface area (Å²) in [6.07, 6.45) is -1.10. The molecule has 0 saturated heterocycles. The molecule has 0 aromatic heterocycles. The lowest BCUT2D eigenvalue weighted by Crippen LogP contribution is -2.24. The number of nitrogens with two attached hydrogens (primary N) is 2. The van der Waals surface area contributed by atoms with Crippen LogP contribution in [-0.2, 0) is 0 Å². The number of nitrogen functional groups attached to an aromatic ring is 1. The zero-order valence-electron chi connectivity index (χ0n) is 7.67. The Balaban J connectivity index is 3.12. The Labute approximate surface area is 80.3 Å². The van der Waals surface area contributed by atoms with Crippen LogP contribution in [0, 0.1) is 11.6 Å². The van der Waals surface area contributed by atoms with Gasteiger partial charge in [-0.25, -0.2) is 8.78 Å². The molecule has 2 atom stereocenters. The highest BCUT2D eigenvalue weighted by Gasteiger charge is 2.16. The van der Waals surface area contributed by atoms with Crippen LogP contribution in [0.3, 0.4) is 0 Å². The van der Waals surface area contributed by atoms with Gasteiger partial charge in [-0.2, -0.15) is 0 Å². The molecule has 1 aromatic rings. The van der Waals surface area contributed by atoms with E-state index >= 15 is 0 Å². The summed E-state index contributed by atoms with van der Waals surface area (Å²) in [6, 6.07) is 1.36. The van der Waals surface area contributed by atoms with Gasteiger partial charge in [0.1, 0.15) is 17.3 Å². The first kappa shape index (κ1) is 10.9. The minimum Gasteiger partial charge on any atom is -0.394 e. The molecule has 2 unspecified atom stereocenters. The first-order chi connectivity index (χ1) is 6.43. The Morgan fingerprint density at radius 3 is 2.07 bits per heavy atom. The molecule has 0 heterocycles. The lowest BCUT2D eigenvalue weighted by Gasteiger charge is -2.15. The van der Waals surface area contributed by atoms with Crippen molar-refractivity contribution >= 4 is 5.69 Å². The van der Waals surface area contributed by atoms with Crippen molar-refractivity contribution in [2.24, 2.45) is 5.73 Å². The van der Waals surface area contributed by atoms with Gasteiger partial charge in [0.15, 0.2) is 0 Å². The van der Waals surface area contributed by atoms with Gasteiger partial charge in [0, 0.05) is 6.04 Å². The predicted octanol–water partition coefficient (Wildman–Crippen LogP) is 0.928. The van der Waals surface area contributed by atoms with Crippen LogP contribution in [0.4, 0.5) is 14.5 Å². The molecule has 0 spiro atoms. The van der Waals surface area contributed by atoms with Crippen LogP contribution in [0.1, 0.15) is 18.6 Å². The molecule has 5 heteroatoms. The van der Waals surface area contributed by atoms with Gasteiger partial charge in [-0.05, 0) is 24.6 Å². The van der Waals surface area contributed by atoms with Crippen molar-refractivity contribution in [3.8, 4) is 0 Å². The number of halogens is 2. The van der Waals surface area contributed by atoms with Crippen LogP contribution in [0.5, 0.6) is 0 Å². The number of hydrogen-bond donors (Lipinski definition) is 3. The summed E-state index contributed by atoms with van der Waals surface area (Å²) in [5.74, 6) is -1.78. The number of aliphatic hydroxyl groups is 1. The third kappa shape index (κ3) is 2.00. The topological polar surface area (TPSA) is 72.3 Å². The van der Waals surface area contributed by atoms with Crippen LogP contribution < -0.4 is 11.5 Å². The Bertz CT molecular complexity index is 319. The quantitative estimate of drug-likeness (QED) is 0.624. The van der Waals surface area contributed by atoms with Crippen molar-refractivity contribution in [1.82, 2.24) is 0 Å². The number of anilines is 1. The summed E-state index contributed by atoms with van der Waals surface area (Å²) in [5, 5.41) is 9.44. The summed E-state index contributed by atoms with van der Waals surface area (Å²) in [4.78, 5) is 0. The van der Waals surface area contributed by atoms with Gasteiger partial charge in [-0.15, -0.1) is 0 Å². The summed E-state index contributed by atoms with van der Waals surface area (Å²) >= 11 is 0. The minimum atomic E-state index is -1.10. The lowest BCUT2D eigenvalue weighted by atomic mass is 10.0. The monoisotopic (exact) mass is 202 g/mol. The second-order valence-electron chi connectivity index (χ2n) is 3.20. The largest absolute Gasteiger partial charge is 0.394 e. The Morgan fingerprint density at radius 2 is 1.71 bits per heavy atom. The van der Waals surface area contributed by atoms with Crippen molar-refractivity contribution in [1.29, 1.82) is 0 Å². The maximum Gasteiger partial charge on any atom is 0.149 e. The van der Waals surface area contributed by atoms with Crippen LogP contribution in [0.2, 0.25) is 0 Å². The molecule has 1 aromatic carbocycles. The molecule has 78 valence electrons. The maximum atomic E-state index is 12.9. The molecule has 0 aliphatic heterocycles. The van der Waals surface area contributed by atoms with Gasteiger partial charge in [-0.3, -0.25) is 0 Å². The van der Waals surface area contributed by atoms with Crippen molar-refractivity contribution in [3.05, 3.63) is 29.3 Å². The van der Waals surface area contributed by atoms with E-state index in [1.165, 1.54) is 6.92 Å². The van der Waals surface area contributed by atoms with Crippen molar-refractivity contribution < 1.29 is 13.9 Å². The molecular weight excluding hydrogens is 190 g/mol. The van der Waals surface area contributed by atoms with E-state index in [0.717, 1.165) is 12.1 Å². The normalized spacial score (nSPS) is 15.2. The molecule has 3 nitrogen and oxygen atoms in total. The molecule has 0 radical (unpaired) electrons. The molecule has 0 aliphatic rings. The van der Waals surface area contributed by atoms with Gasteiger partial charge in [0.25, 0.3) is 0 Å². The Hall–Kier alpha value is -1.20. The van der Waals surface area contributed by atoms with Crippen molar-refractivity contribution in [2.75, 3.05) is 5.73 Å². The minimum absolute atomic E-state index is 0.0872. The summed E-state index contributed by atoms with van der Waals surface area (Å²) in [7, 11) is 0. The standard InChI is InChI=1S/C9H12F2N2O/c1-4(12)9(14)5-2-6(10)8(13)7(11)3-5/h2-4,9,14H,12-13H2,1H3. The fourth-order valence-corrected chi connectivity index (χ4v) is 1.08. The molecular formula is C9H12F2N2O. The average Bonchev–Trinajstić information content (AvgIpc) is 2.12. The molecule has 0 aliphatic carbocycles. The Morgan fingerprint density at radius 1 is 1.29 bits per heavy atom. The van der Waals surface area contributed by atoms with E-state index in [1.807, 2.05) is 0 Å². The van der Waals surface area contributed by atoms with Gasteiger partial charge < -0.3 is 16.6 Å². The highest BCUT2D eigenvalue weighted by molar-refractivity contribution is 5.43. The van der Waals surface area contributed by atoms with E-state index in [-0.39, 0.29) is 5.56 Å². The summed E-state index contributed by atoms with van der Waals surface area (Å²) < 4.78 is 25.9. The fraction of sp³-hybridized carbons (Fsp3) is 0.333. The van der Waals surface area contributed by atoms with E-state index in [1.54, 1.807) is 0 Å². The van der Waals surface area contributed by atoms with Crippen molar-refractivity contribution in [3.63, 3.8) is 0 Å². The Kier molecular flexibility index (Phi) is 3.03. The highest BCUT2D eigenvalue weighted by atomic mass is 19.1. The number of aliphatic hydroxyl groups excluding tert-OH is 1. The van der Waals surface area contributed by atoms with Crippen LogP contribution >= 0.6 is 0 Å². The zero-order valence-corrected chi connectivity index (χ0v) is 7.67. The molecule has 0 bridgehead atoms. The van der Waals surface area contributed by atoms with E-state index in [9.17, 15) is 13.9 Å². The number of rotatable bonds is 2. The second-order valence-corrected chi connectivity index (χ2v) is 3.20. The van der Waals surface area contributed by atoms with E-state index in [4.69, 9.17) is 11.5 Å². The smallest absolute Gasteiger partial charge is 0.149 e. The van der Waals surface area contributed by atoms with E-state index < -0.39 is 29.5 Å². The third-order valence-electron chi connectivity index (χ3n) is 1.94. The fourth-order valence-electron chi connectivity index (χ4n) is 1.08.